The lowest BCUT2D eigenvalue weighted by Crippen LogP contribution is -2.56. The van der Waals surface area contributed by atoms with Crippen LogP contribution in [0.3, 0.4) is 0 Å². The van der Waals surface area contributed by atoms with Crippen molar-refractivity contribution in [3.8, 4) is 0 Å². The van der Waals surface area contributed by atoms with Gasteiger partial charge in [-0.1, -0.05) is 6.07 Å². The van der Waals surface area contributed by atoms with E-state index in [2.05, 4.69) is 11.8 Å². The quantitative estimate of drug-likeness (QED) is 0.906. The minimum Gasteiger partial charge on any atom is -0.381 e. The normalized spacial score (nSPS) is 25.4. The Bertz CT molecular complexity index is 473. The second-order valence-corrected chi connectivity index (χ2v) is 5.80. The average molecular weight is 264 g/mol. The Balaban J connectivity index is 1.96. The van der Waals surface area contributed by atoms with E-state index >= 15 is 0 Å². The third-order valence-corrected chi connectivity index (χ3v) is 4.78. The molecule has 4 heteroatoms. The van der Waals surface area contributed by atoms with Gasteiger partial charge >= 0.3 is 0 Å². The molecule has 0 spiro atoms. The molecule has 1 aromatic carbocycles. The predicted octanol–water partition coefficient (Wildman–Crippen LogP) is 1.94. The molecule has 1 fully saturated rings. The maximum atomic E-state index is 13.5. The topological polar surface area (TPSA) is 38.5 Å². The molecule has 0 radical (unpaired) electrons. The van der Waals surface area contributed by atoms with E-state index in [1.807, 2.05) is 6.07 Å². The van der Waals surface area contributed by atoms with Crippen LogP contribution in [0.2, 0.25) is 0 Å². The SMILES string of the molecule is CC(CN)(C1CCOC1)N1CCc2ccc(F)cc21. The smallest absolute Gasteiger partial charge is 0.125 e. The summed E-state index contributed by atoms with van der Waals surface area (Å²) in [5.74, 6) is 0.249. The number of ether oxygens (including phenoxy) is 1. The maximum absolute atomic E-state index is 13.5. The predicted molar refractivity (Wildman–Crippen MR) is 73.8 cm³/mol. The fourth-order valence-electron chi connectivity index (χ4n) is 3.41. The van der Waals surface area contributed by atoms with Crippen LogP contribution in [0.5, 0.6) is 0 Å². The van der Waals surface area contributed by atoms with Crippen molar-refractivity contribution in [3.63, 3.8) is 0 Å². The van der Waals surface area contributed by atoms with Gasteiger partial charge in [0.25, 0.3) is 0 Å². The largest absolute Gasteiger partial charge is 0.381 e. The highest BCUT2D eigenvalue weighted by atomic mass is 19.1. The van der Waals surface area contributed by atoms with Crippen LogP contribution in [0.4, 0.5) is 10.1 Å². The van der Waals surface area contributed by atoms with Gasteiger partial charge in [0.05, 0.1) is 12.1 Å². The van der Waals surface area contributed by atoms with Crippen molar-refractivity contribution in [1.82, 2.24) is 0 Å². The van der Waals surface area contributed by atoms with Gasteiger partial charge in [0.15, 0.2) is 0 Å². The fraction of sp³-hybridized carbons (Fsp3) is 0.600. The molecule has 2 heterocycles. The first-order valence-electron chi connectivity index (χ1n) is 6.99. The van der Waals surface area contributed by atoms with E-state index in [0.29, 0.717) is 12.5 Å². The van der Waals surface area contributed by atoms with Crippen molar-refractivity contribution in [2.75, 3.05) is 31.2 Å². The van der Waals surface area contributed by atoms with Crippen molar-refractivity contribution in [1.29, 1.82) is 0 Å². The van der Waals surface area contributed by atoms with Crippen LogP contribution >= 0.6 is 0 Å². The first kappa shape index (κ1) is 12.9. The first-order chi connectivity index (χ1) is 9.15. The lowest BCUT2D eigenvalue weighted by atomic mass is 9.83. The van der Waals surface area contributed by atoms with Crippen molar-refractivity contribution >= 4 is 5.69 Å². The van der Waals surface area contributed by atoms with E-state index in [0.717, 1.165) is 38.3 Å². The summed E-state index contributed by atoms with van der Waals surface area (Å²) in [5, 5.41) is 0. The Hall–Kier alpha value is -1.13. The van der Waals surface area contributed by atoms with Crippen LogP contribution in [0.25, 0.3) is 0 Å². The molecule has 19 heavy (non-hydrogen) atoms. The number of fused-ring (bicyclic) bond motifs is 1. The summed E-state index contributed by atoms with van der Waals surface area (Å²) in [7, 11) is 0. The van der Waals surface area contributed by atoms with Gasteiger partial charge in [-0.2, -0.15) is 0 Å². The van der Waals surface area contributed by atoms with Gasteiger partial charge in [0.1, 0.15) is 5.82 Å². The monoisotopic (exact) mass is 264 g/mol. The van der Waals surface area contributed by atoms with Crippen molar-refractivity contribution in [3.05, 3.63) is 29.6 Å². The zero-order chi connectivity index (χ0) is 13.5. The second kappa shape index (κ2) is 4.76. The van der Waals surface area contributed by atoms with Gasteiger partial charge in [-0.15, -0.1) is 0 Å². The van der Waals surface area contributed by atoms with Gasteiger partial charge in [-0.05, 0) is 37.5 Å². The van der Waals surface area contributed by atoms with E-state index in [4.69, 9.17) is 10.5 Å². The van der Waals surface area contributed by atoms with Crippen LogP contribution in [0.1, 0.15) is 18.9 Å². The summed E-state index contributed by atoms with van der Waals surface area (Å²) in [6.07, 6.45) is 2.01. The van der Waals surface area contributed by atoms with Crippen LogP contribution < -0.4 is 10.6 Å². The van der Waals surface area contributed by atoms with E-state index < -0.39 is 0 Å². The van der Waals surface area contributed by atoms with Gasteiger partial charge in [0, 0.05) is 31.3 Å². The lowest BCUT2D eigenvalue weighted by molar-refractivity contribution is 0.165. The average Bonchev–Trinajstić information content (AvgIpc) is 3.07. The molecule has 2 unspecified atom stereocenters. The zero-order valence-corrected chi connectivity index (χ0v) is 11.4. The molecule has 1 saturated heterocycles. The number of hydrogen-bond acceptors (Lipinski definition) is 3. The number of hydrogen-bond donors (Lipinski definition) is 1. The molecular formula is C15H21FN2O. The van der Waals surface area contributed by atoms with Gasteiger partial charge in [-0.3, -0.25) is 0 Å². The van der Waals surface area contributed by atoms with Gasteiger partial charge in [-0.25, -0.2) is 4.39 Å². The number of anilines is 1. The molecule has 0 saturated carbocycles. The Morgan fingerprint density at radius 1 is 1.53 bits per heavy atom. The van der Waals surface area contributed by atoms with Crippen molar-refractivity contribution in [2.24, 2.45) is 11.7 Å². The Kier molecular flexibility index (Phi) is 3.23. The maximum Gasteiger partial charge on any atom is 0.125 e. The van der Waals surface area contributed by atoms with E-state index in [1.165, 1.54) is 5.56 Å². The third kappa shape index (κ3) is 2.03. The molecule has 104 valence electrons. The molecule has 2 aliphatic heterocycles. The third-order valence-electron chi connectivity index (χ3n) is 4.78. The fourth-order valence-corrected chi connectivity index (χ4v) is 3.41. The number of nitrogens with two attached hydrogens (primary N) is 1. The standard InChI is InChI=1S/C15H21FN2O/c1-15(10-17,12-5-7-19-9-12)18-6-4-11-2-3-13(16)8-14(11)18/h2-3,8,12H,4-7,9-10,17H2,1H3. The Labute approximate surface area is 113 Å². The molecule has 2 N–H and O–H groups in total. The molecule has 0 aliphatic carbocycles. The lowest BCUT2D eigenvalue weighted by Gasteiger charge is -2.44. The number of rotatable bonds is 3. The van der Waals surface area contributed by atoms with Crippen LogP contribution in [0, 0.1) is 11.7 Å². The van der Waals surface area contributed by atoms with Crippen LogP contribution in [-0.2, 0) is 11.2 Å². The minimum atomic E-state index is -0.173. The molecule has 2 aliphatic rings. The highest BCUT2D eigenvalue weighted by molar-refractivity contribution is 5.60. The molecular weight excluding hydrogens is 243 g/mol. The molecule has 3 nitrogen and oxygen atoms in total. The highest BCUT2D eigenvalue weighted by Crippen LogP contribution is 2.39. The summed E-state index contributed by atoms with van der Waals surface area (Å²) in [4.78, 5) is 2.30. The Morgan fingerprint density at radius 3 is 3.05 bits per heavy atom. The minimum absolute atomic E-state index is 0.143. The van der Waals surface area contributed by atoms with E-state index in [9.17, 15) is 4.39 Å². The van der Waals surface area contributed by atoms with Gasteiger partial charge in [0.2, 0.25) is 0 Å². The summed E-state index contributed by atoms with van der Waals surface area (Å²) in [6.45, 7) is 5.24. The van der Waals surface area contributed by atoms with E-state index in [-0.39, 0.29) is 11.4 Å². The molecule has 3 rings (SSSR count). The highest BCUT2D eigenvalue weighted by Gasteiger charge is 2.42. The number of halogens is 1. The van der Waals surface area contributed by atoms with Crippen LogP contribution in [0.15, 0.2) is 18.2 Å². The zero-order valence-electron chi connectivity index (χ0n) is 11.4. The number of benzene rings is 1. The molecule has 0 bridgehead atoms. The van der Waals surface area contributed by atoms with Crippen LogP contribution in [-0.4, -0.2) is 31.8 Å². The summed E-state index contributed by atoms with van der Waals surface area (Å²) in [5.41, 5.74) is 8.16. The Morgan fingerprint density at radius 2 is 2.37 bits per heavy atom. The van der Waals surface area contributed by atoms with Crippen molar-refractivity contribution < 1.29 is 9.13 Å². The second-order valence-electron chi connectivity index (χ2n) is 5.80. The van der Waals surface area contributed by atoms with E-state index in [1.54, 1.807) is 12.1 Å². The first-order valence-corrected chi connectivity index (χ1v) is 6.99. The molecule has 2 atom stereocenters. The van der Waals surface area contributed by atoms with Gasteiger partial charge < -0.3 is 15.4 Å². The summed E-state index contributed by atoms with van der Waals surface area (Å²) < 4.78 is 19.0. The molecule has 1 aromatic rings. The number of nitrogens with zero attached hydrogens (tertiary/aromatic N) is 1. The summed E-state index contributed by atoms with van der Waals surface area (Å²) >= 11 is 0. The molecule has 0 amide bonds. The molecule has 0 aromatic heterocycles. The van der Waals surface area contributed by atoms with Crippen molar-refractivity contribution in [2.45, 2.75) is 25.3 Å². The summed E-state index contributed by atoms with van der Waals surface area (Å²) in [6, 6.07) is 5.08.